The molecule has 0 aromatic carbocycles. The summed E-state index contributed by atoms with van der Waals surface area (Å²) in [5.74, 6) is 1.90. The van der Waals surface area contributed by atoms with Crippen molar-refractivity contribution in [3.05, 3.63) is 29.9 Å². The van der Waals surface area contributed by atoms with Crippen molar-refractivity contribution in [1.82, 2.24) is 0 Å². The first kappa shape index (κ1) is 7.90. The fourth-order valence-electron chi connectivity index (χ4n) is 1.83. The van der Waals surface area contributed by atoms with Gasteiger partial charge in [0.25, 0.3) is 0 Å². The molecule has 0 spiro atoms. The average molecular weight is 163 g/mol. The van der Waals surface area contributed by atoms with E-state index in [1.165, 1.54) is 24.8 Å². The highest BCUT2D eigenvalue weighted by molar-refractivity contribution is 5.35. The first-order valence-electron chi connectivity index (χ1n) is 4.69. The smallest absolute Gasteiger partial charge is 0.118 e. The molecular formula is C11H15O. The van der Waals surface area contributed by atoms with E-state index < -0.39 is 0 Å². The Bertz CT molecular complexity index is 221. The summed E-state index contributed by atoms with van der Waals surface area (Å²) in [7, 11) is 1.77. The van der Waals surface area contributed by atoms with E-state index in [-0.39, 0.29) is 0 Å². The predicted molar refractivity (Wildman–Crippen MR) is 49.4 cm³/mol. The summed E-state index contributed by atoms with van der Waals surface area (Å²) >= 11 is 0. The maximum atomic E-state index is 5.33. The third-order valence-corrected chi connectivity index (χ3v) is 2.79. The topological polar surface area (TPSA) is 9.23 Å². The summed E-state index contributed by atoms with van der Waals surface area (Å²) in [6.45, 7) is 0. The highest BCUT2D eigenvalue weighted by Gasteiger charge is 2.25. The molecule has 0 aromatic heterocycles. The van der Waals surface area contributed by atoms with E-state index >= 15 is 0 Å². The fraction of sp³-hybridized carbons (Fsp3) is 0.545. The minimum absolute atomic E-state index is 0.785. The van der Waals surface area contributed by atoms with Crippen LogP contribution in [0, 0.1) is 12.3 Å². The first-order valence-corrected chi connectivity index (χ1v) is 4.69. The molecule has 0 amide bonds. The molecule has 2 aliphatic rings. The maximum Gasteiger partial charge on any atom is 0.118 e. The van der Waals surface area contributed by atoms with Crippen LogP contribution in [0.5, 0.6) is 0 Å². The molecule has 65 valence electrons. The van der Waals surface area contributed by atoms with Gasteiger partial charge in [-0.1, -0.05) is 12.5 Å². The highest BCUT2D eigenvalue weighted by Crippen LogP contribution is 2.38. The van der Waals surface area contributed by atoms with Gasteiger partial charge in [0.2, 0.25) is 0 Å². The van der Waals surface area contributed by atoms with Crippen LogP contribution in [0.2, 0.25) is 0 Å². The number of rotatable bonds is 2. The summed E-state index contributed by atoms with van der Waals surface area (Å²) in [4.78, 5) is 0. The molecule has 12 heavy (non-hydrogen) atoms. The van der Waals surface area contributed by atoms with Crippen LogP contribution in [-0.4, -0.2) is 7.11 Å². The van der Waals surface area contributed by atoms with Gasteiger partial charge in [-0.2, -0.15) is 0 Å². The molecule has 1 nitrogen and oxygen atoms in total. The lowest BCUT2D eigenvalue weighted by Gasteiger charge is -2.30. The number of allylic oxidation sites excluding steroid dienone is 3. The van der Waals surface area contributed by atoms with Crippen molar-refractivity contribution in [2.45, 2.75) is 25.7 Å². The number of methoxy groups -OCH3 is 1. The molecule has 0 atom stereocenters. The molecule has 0 bridgehead atoms. The Kier molecular flexibility index (Phi) is 2.20. The van der Waals surface area contributed by atoms with E-state index in [0.717, 1.165) is 18.1 Å². The number of ether oxygens (including phenoxy) is 1. The zero-order chi connectivity index (χ0) is 8.39. The normalized spacial score (nSPS) is 24.1. The lowest BCUT2D eigenvalue weighted by atomic mass is 9.77. The molecule has 0 heterocycles. The number of hydrogen-bond donors (Lipinski definition) is 0. The van der Waals surface area contributed by atoms with Gasteiger partial charge in [-0.3, -0.25) is 0 Å². The van der Waals surface area contributed by atoms with Crippen molar-refractivity contribution in [2.24, 2.45) is 5.92 Å². The van der Waals surface area contributed by atoms with Gasteiger partial charge in [-0.15, -0.1) is 0 Å². The van der Waals surface area contributed by atoms with Crippen LogP contribution >= 0.6 is 0 Å². The Balaban J connectivity index is 2.10. The van der Waals surface area contributed by atoms with E-state index in [1.54, 1.807) is 7.11 Å². The summed E-state index contributed by atoms with van der Waals surface area (Å²) in [6.07, 6.45) is 11.7. The molecule has 1 saturated carbocycles. The molecule has 2 rings (SSSR count). The highest BCUT2D eigenvalue weighted by atomic mass is 16.5. The third kappa shape index (κ3) is 1.28. The zero-order valence-corrected chi connectivity index (χ0v) is 7.55. The molecule has 1 fully saturated rings. The lowest BCUT2D eigenvalue weighted by Crippen LogP contribution is -2.17. The van der Waals surface area contributed by atoms with Gasteiger partial charge in [-0.25, -0.2) is 0 Å². The Morgan fingerprint density at radius 3 is 2.83 bits per heavy atom. The van der Waals surface area contributed by atoms with Gasteiger partial charge in [0, 0.05) is 0 Å². The van der Waals surface area contributed by atoms with E-state index in [2.05, 4.69) is 18.6 Å². The third-order valence-electron chi connectivity index (χ3n) is 2.79. The van der Waals surface area contributed by atoms with Crippen LogP contribution < -0.4 is 0 Å². The van der Waals surface area contributed by atoms with Gasteiger partial charge in [0.15, 0.2) is 0 Å². The van der Waals surface area contributed by atoms with Crippen molar-refractivity contribution < 1.29 is 4.74 Å². The molecule has 0 saturated heterocycles. The standard InChI is InChI=1S/C11H15O/c1-12-11-8-3-2-7-10(11)9-5-4-6-9/h2,7-9H,3-6H2,1H3. The van der Waals surface area contributed by atoms with Crippen LogP contribution in [0.3, 0.4) is 0 Å². The largest absolute Gasteiger partial charge is 0.497 e. The number of hydrogen-bond acceptors (Lipinski definition) is 1. The van der Waals surface area contributed by atoms with Crippen molar-refractivity contribution in [2.75, 3.05) is 7.11 Å². The minimum Gasteiger partial charge on any atom is -0.497 e. The van der Waals surface area contributed by atoms with E-state index in [1.807, 2.05) is 0 Å². The van der Waals surface area contributed by atoms with Crippen molar-refractivity contribution >= 4 is 0 Å². The SMILES string of the molecule is COC1=CC[CH]C=C1C1CCC1. The van der Waals surface area contributed by atoms with Crippen LogP contribution in [0.15, 0.2) is 23.5 Å². The fourth-order valence-corrected chi connectivity index (χ4v) is 1.83. The van der Waals surface area contributed by atoms with Crippen LogP contribution in [0.4, 0.5) is 0 Å². The molecular weight excluding hydrogens is 148 g/mol. The predicted octanol–water partition coefficient (Wildman–Crippen LogP) is 2.85. The van der Waals surface area contributed by atoms with Gasteiger partial charge in [-0.05, 0) is 43.3 Å². The van der Waals surface area contributed by atoms with Gasteiger partial charge in [0.05, 0.1) is 7.11 Å². The molecule has 1 radical (unpaired) electrons. The summed E-state index contributed by atoms with van der Waals surface area (Å²) in [6, 6.07) is 0. The molecule has 0 unspecified atom stereocenters. The Hall–Kier alpha value is -0.720. The second kappa shape index (κ2) is 3.34. The summed E-state index contributed by atoms with van der Waals surface area (Å²) < 4.78 is 5.33. The van der Waals surface area contributed by atoms with Crippen LogP contribution in [-0.2, 0) is 4.74 Å². The van der Waals surface area contributed by atoms with E-state index in [4.69, 9.17) is 4.74 Å². The van der Waals surface area contributed by atoms with Gasteiger partial charge >= 0.3 is 0 Å². The Morgan fingerprint density at radius 1 is 1.42 bits per heavy atom. The van der Waals surface area contributed by atoms with Gasteiger partial charge in [0.1, 0.15) is 5.76 Å². The van der Waals surface area contributed by atoms with Crippen LogP contribution in [0.25, 0.3) is 0 Å². The van der Waals surface area contributed by atoms with Gasteiger partial charge < -0.3 is 4.74 Å². The minimum atomic E-state index is 0.785. The second-order valence-electron chi connectivity index (χ2n) is 3.49. The van der Waals surface area contributed by atoms with Crippen molar-refractivity contribution in [3.63, 3.8) is 0 Å². The Morgan fingerprint density at radius 2 is 2.25 bits per heavy atom. The second-order valence-corrected chi connectivity index (χ2v) is 3.49. The molecule has 2 aliphatic carbocycles. The summed E-state index contributed by atoms with van der Waals surface area (Å²) in [5, 5.41) is 0. The molecule has 0 N–H and O–H groups in total. The first-order chi connectivity index (χ1) is 5.92. The van der Waals surface area contributed by atoms with Crippen LogP contribution in [0.1, 0.15) is 25.7 Å². The summed E-state index contributed by atoms with van der Waals surface area (Å²) in [5.41, 5.74) is 1.43. The lowest BCUT2D eigenvalue weighted by molar-refractivity contribution is 0.269. The van der Waals surface area contributed by atoms with Crippen molar-refractivity contribution in [3.8, 4) is 0 Å². The molecule has 0 aliphatic heterocycles. The van der Waals surface area contributed by atoms with Crippen molar-refractivity contribution in [1.29, 1.82) is 0 Å². The Labute approximate surface area is 74.1 Å². The quantitative estimate of drug-likeness (QED) is 0.608. The molecule has 0 aromatic rings. The average Bonchev–Trinajstić information content (AvgIpc) is 2.02. The monoisotopic (exact) mass is 163 g/mol. The molecule has 1 heteroatoms. The maximum absolute atomic E-state index is 5.33. The van der Waals surface area contributed by atoms with E-state index in [0.29, 0.717) is 0 Å². The van der Waals surface area contributed by atoms with E-state index in [9.17, 15) is 0 Å². The zero-order valence-electron chi connectivity index (χ0n) is 7.55.